The Labute approximate surface area is 137 Å². The smallest absolute Gasteiger partial charge is 0.319 e. The summed E-state index contributed by atoms with van der Waals surface area (Å²) in [6.45, 7) is 6.65. The zero-order valence-electron chi connectivity index (χ0n) is 13.5. The second-order valence-corrected chi connectivity index (χ2v) is 9.93. The molecule has 0 aliphatic heterocycles. The minimum absolute atomic E-state index is 0.171. The third kappa shape index (κ3) is 5.16. The van der Waals surface area contributed by atoms with Gasteiger partial charge >= 0.3 is 6.03 Å². The van der Waals surface area contributed by atoms with Gasteiger partial charge in [-0.25, -0.2) is 26.7 Å². The van der Waals surface area contributed by atoms with Crippen LogP contribution in [0.5, 0.6) is 0 Å². The first-order valence-electron chi connectivity index (χ1n) is 7.31. The number of carbonyl (C=O) groups is 1. The zero-order valence-corrected chi connectivity index (χ0v) is 14.5. The highest BCUT2D eigenvalue weighted by Crippen LogP contribution is 2.26. The van der Waals surface area contributed by atoms with E-state index in [-0.39, 0.29) is 6.54 Å². The molecular weight excluding hydrogens is 351 g/mol. The third-order valence-corrected chi connectivity index (χ3v) is 5.85. The van der Waals surface area contributed by atoms with E-state index in [1.165, 1.54) is 0 Å². The number of hydrogen-bond acceptors (Lipinski definition) is 2. The van der Waals surface area contributed by atoms with Gasteiger partial charge in [-0.05, 0) is 32.5 Å². The second-order valence-electron chi connectivity index (χ2n) is 5.62. The lowest BCUT2D eigenvalue weighted by Gasteiger charge is -2.21. The van der Waals surface area contributed by atoms with Gasteiger partial charge in [-0.3, -0.25) is 0 Å². The van der Waals surface area contributed by atoms with E-state index in [4.69, 9.17) is 4.43 Å². The number of benzene rings is 1. The minimum Gasteiger partial charge on any atom is -0.418 e. The summed E-state index contributed by atoms with van der Waals surface area (Å²) in [7, 11) is -1.82. The van der Waals surface area contributed by atoms with Crippen LogP contribution in [0.4, 0.5) is 32.4 Å². The molecule has 0 atom stereocenters. The van der Waals surface area contributed by atoms with Crippen molar-refractivity contribution in [2.75, 3.05) is 18.5 Å². The van der Waals surface area contributed by atoms with Gasteiger partial charge in [0.15, 0.2) is 31.6 Å². The lowest BCUT2D eigenvalue weighted by molar-refractivity contribution is 0.251. The van der Waals surface area contributed by atoms with Gasteiger partial charge in [0.2, 0.25) is 5.82 Å². The van der Waals surface area contributed by atoms with Crippen molar-refractivity contribution in [2.45, 2.75) is 32.5 Å². The molecule has 0 fully saturated rings. The Morgan fingerprint density at radius 3 is 2.00 bits per heavy atom. The largest absolute Gasteiger partial charge is 0.418 e. The number of rotatable bonds is 7. The van der Waals surface area contributed by atoms with Crippen molar-refractivity contribution < 1.29 is 31.2 Å². The Morgan fingerprint density at radius 2 is 1.50 bits per heavy atom. The average molecular weight is 370 g/mol. The fourth-order valence-electron chi connectivity index (χ4n) is 2.05. The van der Waals surface area contributed by atoms with E-state index in [1.807, 2.05) is 20.0 Å². The van der Waals surface area contributed by atoms with Gasteiger partial charge in [-0.15, -0.1) is 0 Å². The quantitative estimate of drug-likeness (QED) is 0.249. The van der Waals surface area contributed by atoms with Crippen LogP contribution in [0.1, 0.15) is 13.3 Å². The summed E-state index contributed by atoms with van der Waals surface area (Å²) in [5.74, 6) is -10.7. The first-order chi connectivity index (χ1) is 11.1. The van der Waals surface area contributed by atoms with E-state index in [2.05, 4.69) is 5.32 Å². The summed E-state index contributed by atoms with van der Waals surface area (Å²) in [6.07, 6.45) is 0.559. The van der Waals surface area contributed by atoms with Gasteiger partial charge < -0.3 is 15.1 Å². The molecule has 0 saturated heterocycles. The third-order valence-electron chi connectivity index (χ3n) is 3.22. The molecule has 1 aromatic carbocycles. The molecule has 0 heterocycles. The number of halogens is 5. The predicted octanol–water partition coefficient (Wildman–Crippen LogP) is 4.14. The van der Waals surface area contributed by atoms with Gasteiger partial charge in [-0.2, -0.15) is 0 Å². The summed E-state index contributed by atoms with van der Waals surface area (Å²) in [6, 6.07) is -0.321. The van der Waals surface area contributed by atoms with Crippen LogP contribution in [-0.2, 0) is 4.43 Å². The number of amides is 2. The normalized spacial score (nSPS) is 11.5. The van der Waals surface area contributed by atoms with Crippen LogP contribution in [0.3, 0.4) is 0 Å². The fourth-order valence-corrected chi connectivity index (χ4v) is 4.01. The van der Waals surface area contributed by atoms with Gasteiger partial charge in [0.25, 0.3) is 0 Å². The van der Waals surface area contributed by atoms with Crippen LogP contribution in [0.25, 0.3) is 0 Å². The van der Waals surface area contributed by atoms with Crippen LogP contribution in [0, 0.1) is 29.1 Å². The Morgan fingerprint density at radius 1 is 1.00 bits per heavy atom. The highest BCUT2D eigenvalue weighted by molar-refractivity contribution is 6.71. The Kier molecular flexibility index (Phi) is 7.15. The maximum absolute atomic E-state index is 13.4. The summed E-state index contributed by atoms with van der Waals surface area (Å²) in [5.41, 5.74) is -1.38. The summed E-state index contributed by atoms with van der Waals surface area (Å²) in [4.78, 5) is 11.6. The van der Waals surface area contributed by atoms with Gasteiger partial charge in [0.1, 0.15) is 5.69 Å². The van der Waals surface area contributed by atoms with E-state index in [1.54, 1.807) is 5.32 Å². The molecule has 2 N–H and O–H groups in total. The lowest BCUT2D eigenvalue weighted by atomic mass is 10.2. The van der Waals surface area contributed by atoms with E-state index in [0.717, 1.165) is 6.04 Å². The maximum Gasteiger partial charge on any atom is 0.319 e. The Balaban J connectivity index is 2.61. The standard InChI is InChI=1S/C14H19F5N2O2Si/c1-4-23-24(2,3)7-5-6-20-14(22)21-13-11(18)9(16)8(15)10(17)12(13)19/h4-7H2,1-3H3,(H2,20,21,22). The first kappa shape index (κ1) is 20.4. The molecule has 4 nitrogen and oxygen atoms in total. The monoisotopic (exact) mass is 370 g/mol. The van der Waals surface area contributed by atoms with Crippen molar-refractivity contribution in [1.82, 2.24) is 5.32 Å². The molecule has 0 unspecified atom stereocenters. The molecule has 0 saturated carbocycles. The summed E-state index contributed by atoms with van der Waals surface area (Å²) >= 11 is 0. The van der Waals surface area contributed by atoms with Crippen LogP contribution in [0.2, 0.25) is 19.1 Å². The van der Waals surface area contributed by atoms with Crippen molar-refractivity contribution in [2.24, 2.45) is 0 Å². The maximum atomic E-state index is 13.4. The number of hydrogen-bond donors (Lipinski definition) is 2. The van der Waals surface area contributed by atoms with Gasteiger partial charge in [0, 0.05) is 13.2 Å². The topological polar surface area (TPSA) is 50.4 Å². The van der Waals surface area contributed by atoms with Crippen LogP contribution in [-0.4, -0.2) is 27.5 Å². The molecule has 0 aliphatic carbocycles. The summed E-state index contributed by atoms with van der Waals surface area (Å²) < 4.78 is 71.4. The van der Waals surface area contributed by atoms with Crippen molar-refractivity contribution in [3.63, 3.8) is 0 Å². The molecule has 0 spiro atoms. The van der Waals surface area contributed by atoms with Crippen molar-refractivity contribution >= 4 is 20.0 Å². The SMILES string of the molecule is CCO[Si](C)(C)CCCNC(=O)Nc1c(F)c(F)c(F)c(F)c1F. The van der Waals surface area contributed by atoms with Crippen molar-refractivity contribution in [3.05, 3.63) is 29.1 Å². The van der Waals surface area contributed by atoms with E-state index < -0.39 is 49.1 Å². The molecule has 0 radical (unpaired) electrons. The van der Waals surface area contributed by atoms with Crippen molar-refractivity contribution in [1.29, 1.82) is 0 Å². The van der Waals surface area contributed by atoms with Crippen LogP contribution in [0.15, 0.2) is 0 Å². The Bertz CT molecular complexity index is 584. The van der Waals surface area contributed by atoms with E-state index in [0.29, 0.717) is 13.0 Å². The van der Waals surface area contributed by atoms with Crippen LogP contribution >= 0.6 is 0 Å². The number of nitrogens with one attached hydrogen (secondary N) is 2. The van der Waals surface area contributed by atoms with Gasteiger partial charge in [0.05, 0.1) is 0 Å². The molecule has 1 aromatic rings. The molecule has 24 heavy (non-hydrogen) atoms. The van der Waals surface area contributed by atoms with E-state index >= 15 is 0 Å². The number of carbonyl (C=O) groups excluding carboxylic acids is 1. The highest BCUT2D eigenvalue weighted by Gasteiger charge is 2.27. The molecule has 1 rings (SSSR count). The zero-order chi connectivity index (χ0) is 18.5. The molecule has 10 heteroatoms. The molecular formula is C14H19F5N2O2Si. The molecule has 136 valence electrons. The average Bonchev–Trinajstić information content (AvgIpc) is 2.52. The highest BCUT2D eigenvalue weighted by atomic mass is 28.4. The predicted molar refractivity (Wildman–Crippen MR) is 81.8 cm³/mol. The molecule has 0 aromatic heterocycles. The summed E-state index contributed by atoms with van der Waals surface area (Å²) in [5, 5.41) is 3.94. The lowest BCUT2D eigenvalue weighted by Crippen LogP contribution is -2.34. The second kappa shape index (κ2) is 8.43. The van der Waals surface area contributed by atoms with Gasteiger partial charge in [-0.1, -0.05) is 0 Å². The molecule has 0 bridgehead atoms. The molecule has 0 aliphatic rings. The Hall–Kier alpha value is -1.68. The van der Waals surface area contributed by atoms with E-state index in [9.17, 15) is 26.7 Å². The van der Waals surface area contributed by atoms with Crippen molar-refractivity contribution in [3.8, 4) is 0 Å². The number of anilines is 1. The number of urea groups is 1. The van der Waals surface area contributed by atoms with Crippen LogP contribution < -0.4 is 10.6 Å². The molecule has 2 amide bonds. The fraction of sp³-hybridized carbons (Fsp3) is 0.500. The first-order valence-corrected chi connectivity index (χ1v) is 10.4. The minimum atomic E-state index is -2.28.